The molecule has 3 nitrogen and oxygen atoms in total. The van der Waals surface area contributed by atoms with Gasteiger partial charge in [0.05, 0.1) is 13.0 Å². The second-order valence-electron chi connectivity index (χ2n) is 2.90. The maximum absolute atomic E-state index is 10.4. The van der Waals surface area contributed by atoms with Crippen LogP contribution in [0.1, 0.15) is 11.1 Å². The monoisotopic (exact) mass is 192 g/mol. The molecule has 0 unspecified atom stereocenters. The van der Waals surface area contributed by atoms with Gasteiger partial charge in [0.2, 0.25) is 0 Å². The second-order valence-corrected chi connectivity index (χ2v) is 2.90. The number of aliphatic carboxylic acids is 1. The Morgan fingerprint density at radius 2 is 1.93 bits per heavy atom. The fourth-order valence-corrected chi connectivity index (χ4v) is 1.11. The molecular weight excluding hydrogens is 180 g/mol. The number of benzene rings is 1. The van der Waals surface area contributed by atoms with Gasteiger partial charge in [-0.05, 0) is 11.1 Å². The third-order valence-corrected chi connectivity index (χ3v) is 1.75. The van der Waals surface area contributed by atoms with Crippen LogP contribution in [0.5, 0.6) is 0 Å². The molecule has 0 heterocycles. The van der Waals surface area contributed by atoms with E-state index in [1.54, 1.807) is 24.3 Å². The van der Waals surface area contributed by atoms with Crippen molar-refractivity contribution in [3.05, 3.63) is 41.5 Å². The quantitative estimate of drug-likeness (QED) is 0.756. The lowest BCUT2D eigenvalue weighted by molar-refractivity contribution is -0.136. The van der Waals surface area contributed by atoms with Crippen molar-refractivity contribution in [1.29, 1.82) is 0 Å². The molecule has 3 heteroatoms. The van der Waals surface area contributed by atoms with Crippen LogP contribution in [0.3, 0.4) is 0 Å². The largest absolute Gasteiger partial charge is 0.481 e. The summed E-state index contributed by atoms with van der Waals surface area (Å²) in [5.74, 6) is -0.830. The maximum Gasteiger partial charge on any atom is 0.307 e. The van der Waals surface area contributed by atoms with Crippen LogP contribution in [-0.2, 0) is 11.2 Å². The van der Waals surface area contributed by atoms with Crippen molar-refractivity contribution in [1.82, 2.24) is 0 Å². The van der Waals surface area contributed by atoms with Gasteiger partial charge in [0, 0.05) is 0 Å². The van der Waals surface area contributed by atoms with Crippen molar-refractivity contribution in [2.24, 2.45) is 0 Å². The Labute approximate surface area is 82.3 Å². The Balaban J connectivity index is 2.68. The van der Waals surface area contributed by atoms with E-state index >= 15 is 0 Å². The van der Waals surface area contributed by atoms with Crippen LogP contribution in [0, 0.1) is 0 Å². The molecule has 14 heavy (non-hydrogen) atoms. The lowest BCUT2D eigenvalue weighted by Crippen LogP contribution is -1.99. The smallest absolute Gasteiger partial charge is 0.307 e. The first kappa shape index (κ1) is 10.5. The van der Waals surface area contributed by atoms with Gasteiger partial charge in [-0.1, -0.05) is 36.4 Å². The third-order valence-electron chi connectivity index (χ3n) is 1.75. The van der Waals surface area contributed by atoms with Gasteiger partial charge >= 0.3 is 5.97 Å². The van der Waals surface area contributed by atoms with Crippen molar-refractivity contribution >= 4 is 12.0 Å². The van der Waals surface area contributed by atoms with Crippen LogP contribution < -0.4 is 0 Å². The van der Waals surface area contributed by atoms with E-state index in [9.17, 15) is 4.79 Å². The summed E-state index contributed by atoms with van der Waals surface area (Å²) in [6.45, 7) is 0.0108. The van der Waals surface area contributed by atoms with Crippen LogP contribution in [0.25, 0.3) is 6.08 Å². The van der Waals surface area contributed by atoms with Gasteiger partial charge in [-0.3, -0.25) is 4.79 Å². The molecule has 0 fully saturated rings. The van der Waals surface area contributed by atoms with E-state index in [2.05, 4.69) is 0 Å². The van der Waals surface area contributed by atoms with E-state index in [-0.39, 0.29) is 13.0 Å². The second kappa shape index (κ2) is 5.19. The summed E-state index contributed by atoms with van der Waals surface area (Å²) in [5, 5.41) is 17.1. The highest BCUT2D eigenvalue weighted by molar-refractivity contribution is 5.70. The number of aliphatic hydroxyl groups is 1. The van der Waals surface area contributed by atoms with Crippen molar-refractivity contribution in [3.63, 3.8) is 0 Å². The fourth-order valence-electron chi connectivity index (χ4n) is 1.11. The molecular formula is C11H12O3. The molecule has 0 amide bonds. The fraction of sp³-hybridized carbons (Fsp3) is 0.182. The normalized spacial score (nSPS) is 10.6. The van der Waals surface area contributed by atoms with Crippen LogP contribution in [-0.4, -0.2) is 22.8 Å². The summed E-state index contributed by atoms with van der Waals surface area (Å²) in [6, 6.07) is 7.19. The molecule has 0 saturated carbocycles. The van der Waals surface area contributed by atoms with Crippen molar-refractivity contribution in [3.8, 4) is 0 Å². The Kier molecular flexibility index (Phi) is 3.88. The van der Waals surface area contributed by atoms with E-state index in [4.69, 9.17) is 10.2 Å². The predicted molar refractivity (Wildman–Crippen MR) is 53.9 cm³/mol. The minimum atomic E-state index is -0.830. The molecule has 0 bridgehead atoms. The average molecular weight is 192 g/mol. The summed E-state index contributed by atoms with van der Waals surface area (Å²) in [7, 11) is 0. The number of aliphatic hydroxyl groups excluding tert-OH is 1. The number of hydrogen-bond acceptors (Lipinski definition) is 2. The first-order valence-electron chi connectivity index (χ1n) is 4.30. The number of carboxylic acids is 1. The minimum Gasteiger partial charge on any atom is -0.481 e. The summed E-state index contributed by atoms with van der Waals surface area (Å²) in [5.41, 5.74) is 1.73. The molecule has 1 rings (SSSR count). The van der Waals surface area contributed by atoms with Gasteiger partial charge in [-0.2, -0.15) is 0 Å². The minimum absolute atomic E-state index is 0.0108. The molecule has 0 aromatic heterocycles. The number of rotatable bonds is 4. The van der Waals surface area contributed by atoms with Crippen LogP contribution >= 0.6 is 0 Å². The molecule has 0 radical (unpaired) electrons. The van der Waals surface area contributed by atoms with Crippen molar-refractivity contribution in [2.45, 2.75) is 6.42 Å². The highest BCUT2D eigenvalue weighted by Crippen LogP contribution is 2.06. The van der Waals surface area contributed by atoms with Crippen LogP contribution in [0.15, 0.2) is 30.3 Å². The third kappa shape index (κ3) is 3.41. The van der Waals surface area contributed by atoms with Gasteiger partial charge in [0.15, 0.2) is 0 Å². The molecule has 0 aliphatic rings. The van der Waals surface area contributed by atoms with Gasteiger partial charge in [-0.15, -0.1) is 0 Å². The summed E-state index contributed by atoms with van der Waals surface area (Å²) in [4.78, 5) is 10.4. The van der Waals surface area contributed by atoms with Gasteiger partial charge in [0.25, 0.3) is 0 Å². The first-order valence-corrected chi connectivity index (χ1v) is 4.30. The molecule has 0 spiro atoms. The van der Waals surface area contributed by atoms with Gasteiger partial charge in [0.1, 0.15) is 0 Å². The number of carbonyl (C=O) groups is 1. The lowest BCUT2D eigenvalue weighted by atomic mass is 10.1. The van der Waals surface area contributed by atoms with E-state index in [1.807, 2.05) is 12.1 Å². The number of carboxylic acid groups (broad SMARTS) is 1. The SMILES string of the molecule is O=C(O)Cc1ccc(C=CCO)cc1. The van der Waals surface area contributed by atoms with Gasteiger partial charge in [-0.25, -0.2) is 0 Å². The van der Waals surface area contributed by atoms with E-state index < -0.39 is 5.97 Å². The Bertz CT molecular complexity index is 325. The average Bonchev–Trinajstić information content (AvgIpc) is 2.16. The van der Waals surface area contributed by atoms with Crippen LogP contribution in [0.4, 0.5) is 0 Å². The molecule has 0 aliphatic heterocycles. The highest BCUT2D eigenvalue weighted by atomic mass is 16.4. The molecule has 0 aliphatic carbocycles. The Hall–Kier alpha value is -1.61. The highest BCUT2D eigenvalue weighted by Gasteiger charge is 1.98. The van der Waals surface area contributed by atoms with Crippen LogP contribution in [0.2, 0.25) is 0 Å². The Morgan fingerprint density at radius 3 is 2.43 bits per heavy atom. The zero-order valence-corrected chi connectivity index (χ0v) is 7.68. The lowest BCUT2D eigenvalue weighted by Gasteiger charge is -1.97. The molecule has 1 aromatic rings. The zero-order chi connectivity index (χ0) is 10.4. The standard InChI is InChI=1S/C11H12O3/c12-7-1-2-9-3-5-10(6-4-9)8-11(13)14/h1-6,12H,7-8H2,(H,13,14). The summed E-state index contributed by atoms with van der Waals surface area (Å²) in [6.07, 6.45) is 3.46. The predicted octanol–water partition coefficient (Wildman–Crippen LogP) is 1.32. The molecule has 0 saturated heterocycles. The van der Waals surface area contributed by atoms with Crippen molar-refractivity contribution < 1.29 is 15.0 Å². The molecule has 74 valence electrons. The molecule has 2 N–H and O–H groups in total. The van der Waals surface area contributed by atoms with E-state index in [1.165, 1.54) is 0 Å². The topological polar surface area (TPSA) is 57.5 Å². The maximum atomic E-state index is 10.4. The zero-order valence-electron chi connectivity index (χ0n) is 7.68. The van der Waals surface area contributed by atoms with E-state index in [0.717, 1.165) is 11.1 Å². The summed E-state index contributed by atoms with van der Waals surface area (Å²) < 4.78 is 0. The van der Waals surface area contributed by atoms with Gasteiger partial charge < -0.3 is 10.2 Å². The molecule has 1 aromatic carbocycles. The first-order chi connectivity index (χ1) is 6.72. The van der Waals surface area contributed by atoms with E-state index in [0.29, 0.717) is 0 Å². The number of hydrogen-bond donors (Lipinski definition) is 2. The summed E-state index contributed by atoms with van der Waals surface area (Å²) >= 11 is 0. The molecule has 0 atom stereocenters. The van der Waals surface area contributed by atoms with Crippen molar-refractivity contribution in [2.75, 3.05) is 6.61 Å². The Morgan fingerprint density at radius 1 is 1.29 bits per heavy atom.